The molecule has 3 heterocycles. The second kappa shape index (κ2) is 8.75. The van der Waals surface area contributed by atoms with Gasteiger partial charge in [-0.2, -0.15) is 15.0 Å². The number of anilines is 3. The van der Waals surface area contributed by atoms with Crippen LogP contribution < -0.4 is 25.8 Å². The summed E-state index contributed by atoms with van der Waals surface area (Å²) in [7, 11) is 0. The fraction of sp³-hybridized carbons (Fsp3) is 0.292. The number of para-hydroxylation sites is 1. The molecule has 0 saturated carbocycles. The minimum atomic E-state index is -1.29. The molecular formula is C24H25N7O4. The number of ether oxygens (including phenoxy) is 2. The van der Waals surface area contributed by atoms with Crippen LogP contribution in [0, 0.1) is 6.92 Å². The molecule has 35 heavy (non-hydrogen) atoms. The van der Waals surface area contributed by atoms with Crippen molar-refractivity contribution in [3.05, 3.63) is 59.4 Å². The Labute approximate surface area is 201 Å². The Hall–Kier alpha value is -4.41. The number of amides is 3. The summed E-state index contributed by atoms with van der Waals surface area (Å²) < 4.78 is 11.4. The molecule has 1 atom stereocenters. The maximum atomic E-state index is 13.4. The van der Waals surface area contributed by atoms with Crippen LogP contribution in [0.5, 0.6) is 11.5 Å². The normalized spacial score (nSPS) is 19.3. The molecule has 0 aliphatic carbocycles. The quantitative estimate of drug-likeness (QED) is 0.474. The van der Waals surface area contributed by atoms with Crippen LogP contribution in [0.4, 0.5) is 22.4 Å². The average Bonchev–Trinajstić information content (AvgIpc) is 2.99. The molecule has 11 nitrogen and oxygen atoms in total. The highest BCUT2D eigenvalue weighted by Gasteiger charge is 2.49. The first-order valence-corrected chi connectivity index (χ1v) is 11.2. The predicted molar refractivity (Wildman–Crippen MR) is 127 cm³/mol. The minimum Gasteiger partial charge on any atom is -0.490 e. The number of nitrogens with zero attached hydrogens (tertiary/aromatic N) is 4. The molecule has 1 aromatic heterocycles. The van der Waals surface area contributed by atoms with Gasteiger partial charge in [0.1, 0.15) is 5.54 Å². The number of rotatable bonds is 5. The molecule has 3 amide bonds. The van der Waals surface area contributed by atoms with Gasteiger partial charge in [-0.05, 0) is 43.2 Å². The van der Waals surface area contributed by atoms with Gasteiger partial charge in [0.2, 0.25) is 11.9 Å². The molecule has 5 rings (SSSR count). The van der Waals surface area contributed by atoms with E-state index in [2.05, 4.69) is 25.6 Å². The summed E-state index contributed by atoms with van der Waals surface area (Å²) in [6.07, 6.45) is 0.764. The van der Waals surface area contributed by atoms with Gasteiger partial charge in [0.25, 0.3) is 5.91 Å². The Morgan fingerprint density at radius 1 is 1.09 bits per heavy atom. The van der Waals surface area contributed by atoms with E-state index in [0.29, 0.717) is 30.3 Å². The summed E-state index contributed by atoms with van der Waals surface area (Å²) in [5, 5.41) is 5.89. The van der Waals surface area contributed by atoms with Crippen molar-refractivity contribution >= 4 is 29.5 Å². The highest BCUT2D eigenvalue weighted by molar-refractivity contribution is 6.07. The summed E-state index contributed by atoms with van der Waals surface area (Å²) in [6.45, 7) is 4.50. The van der Waals surface area contributed by atoms with Crippen LogP contribution in [0.15, 0.2) is 42.5 Å². The molecule has 2 aliphatic rings. The lowest BCUT2D eigenvalue weighted by atomic mass is 9.91. The molecule has 1 saturated heterocycles. The van der Waals surface area contributed by atoms with Gasteiger partial charge in [0.05, 0.1) is 19.8 Å². The van der Waals surface area contributed by atoms with E-state index in [1.165, 1.54) is 0 Å². The van der Waals surface area contributed by atoms with Crippen molar-refractivity contribution in [2.45, 2.75) is 32.4 Å². The summed E-state index contributed by atoms with van der Waals surface area (Å²) in [5.74, 6) is 1.09. The number of nitrogens with two attached hydrogens (primary N) is 1. The summed E-state index contributed by atoms with van der Waals surface area (Å²) >= 11 is 0. The molecule has 180 valence electrons. The fourth-order valence-corrected chi connectivity index (χ4v) is 4.05. The zero-order chi connectivity index (χ0) is 24.6. The lowest BCUT2D eigenvalue weighted by Gasteiger charge is -2.23. The van der Waals surface area contributed by atoms with E-state index in [1.54, 1.807) is 25.1 Å². The zero-order valence-electron chi connectivity index (χ0n) is 19.4. The molecule has 0 spiro atoms. The molecule has 0 radical (unpaired) electrons. The highest BCUT2D eigenvalue weighted by Crippen LogP contribution is 2.37. The van der Waals surface area contributed by atoms with Gasteiger partial charge in [-0.3, -0.25) is 9.69 Å². The Morgan fingerprint density at radius 2 is 1.86 bits per heavy atom. The van der Waals surface area contributed by atoms with Crippen LogP contribution in [0.25, 0.3) is 0 Å². The fourth-order valence-electron chi connectivity index (χ4n) is 4.05. The van der Waals surface area contributed by atoms with Crippen molar-refractivity contribution in [2.75, 3.05) is 24.3 Å². The van der Waals surface area contributed by atoms with Gasteiger partial charge in [-0.15, -0.1) is 0 Å². The Balaban J connectivity index is 1.39. The van der Waals surface area contributed by atoms with E-state index < -0.39 is 17.5 Å². The van der Waals surface area contributed by atoms with E-state index >= 15 is 0 Å². The maximum Gasteiger partial charge on any atom is 0.325 e. The highest BCUT2D eigenvalue weighted by atomic mass is 16.5. The second-order valence-corrected chi connectivity index (χ2v) is 8.53. The summed E-state index contributed by atoms with van der Waals surface area (Å²) in [4.78, 5) is 40.0. The molecular weight excluding hydrogens is 450 g/mol. The van der Waals surface area contributed by atoms with E-state index in [9.17, 15) is 9.59 Å². The van der Waals surface area contributed by atoms with Crippen LogP contribution in [0.2, 0.25) is 0 Å². The first-order valence-electron chi connectivity index (χ1n) is 11.2. The lowest BCUT2D eigenvalue weighted by molar-refractivity contribution is -0.131. The number of aryl methyl sites for hydroxylation is 1. The van der Waals surface area contributed by atoms with Gasteiger partial charge in [-0.1, -0.05) is 24.3 Å². The molecule has 2 aliphatic heterocycles. The number of benzene rings is 2. The number of imide groups is 1. The van der Waals surface area contributed by atoms with Crippen molar-refractivity contribution in [1.82, 2.24) is 25.2 Å². The number of nitrogens with one attached hydrogen (secondary N) is 2. The third-order valence-electron chi connectivity index (χ3n) is 5.99. The van der Waals surface area contributed by atoms with Crippen LogP contribution in [0.1, 0.15) is 30.3 Å². The molecule has 0 unspecified atom stereocenters. The SMILES string of the molecule is Cc1ccccc1Nc1nc(N)nc(CN2C(=O)N[C@@](C)(c3ccc4c(c3)OCCCO4)C2=O)n1. The topological polar surface area (TPSA) is 145 Å². The number of urea groups is 1. The number of carbonyl (C=O) groups excluding carboxylic acids is 2. The van der Waals surface area contributed by atoms with Crippen molar-refractivity contribution in [1.29, 1.82) is 0 Å². The number of carbonyl (C=O) groups is 2. The van der Waals surface area contributed by atoms with Crippen LogP contribution in [0.3, 0.4) is 0 Å². The second-order valence-electron chi connectivity index (χ2n) is 8.53. The number of hydrogen-bond donors (Lipinski definition) is 3. The van der Waals surface area contributed by atoms with Crippen molar-refractivity contribution in [3.63, 3.8) is 0 Å². The number of nitrogen functional groups attached to an aromatic ring is 1. The standard InChI is InChI=1S/C24H25N7O4/c1-14-6-3-4-7-16(14)26-22-28-19(27-21(25)29-22)13-31-20(32)24(2,30-23(31)33)15-8-9-17-18(12-15)35-11-5-10-34-17/h3-4,6-9,12H,5,10-11,13H2,1-2H3,(H,30,33)(H3,25,26,27,28,29)/t24-/m0/s1. The molecule has 3 aromatic rings. The van der Waals surface area contributed by atoms with Crippen LogP contribution in [-0.2, 0) is 16.9 Å². The summed E-state index contributed by atoms with van der Waals surface area (Å²) in [5.41, 5.74) is 6.98. The smallest absolute Gasteiger partial charge is 0.325 e. The minimum absolute atomic E-state index is 0.0243. The summed E-state index contributed by atoms with van der Waals surface area (Å²) in [6, 6.07) is 12.3. The predicted octanol–water partition coefficient (Wildman–Crippen LogP) is 2.63. The molecule has 11 heteroatoms. The molecule has 4 N–H and O–H groups in total. The number of aromatic nitrogens is 3. The first-order chi connectivity index (χ1) is 16.8. The first kappa shape index (κ1) is 22.4. The average molecular weight is 476 g/mol. The molecule has 0 bridgehead atoms. The molecule has 2 aromatic carbocycles. The van der Waals surface area contributed by atoms with E-state index in [1.807, 2.05) is 31.2 Å². The van der Waals surface area contributed by atoms with Crippen LogP contribution >= 0.6 is 0 Å². The van der Waals surface area contributed by atoms with Crippen molar-refractivity contribution in [2.24, 2.45) is 0 Å². The van der Waals surface area contributed by atoms with E-state index in [0.717, 1.165) is 22.6 Å². The Bertz CT molecular complexity index is 1310. The van der Waals surface area contributed by atoms with Crippen molar-refractivity contribution < 1.29 is 19.1 Å². The van der Waals surface area contributed by atoms with Gasteiger partial charge >= 0.3 is 6.03 Å². The van der Waals surface area contributed by atoms with Gasteiger partial charge in [0.15, 0.2) is 17.3 Å². The largest absolute Gasteiger partial charge is 0.490 e. The van der Waals surface area contributed by atoms with E-state index in [4.69, 9.17) is 15.2 Å². The monoisotopic (exact) mass is 475 g/mol. The van der Waals surface area contributed by atoms with E-state index in [-0.39, 0.29) is 24.3 Å². The third-order valence-corrected chi connectivity index (χ3v) is 5.99. The van der Waals surface area contributed by atoms with Gasteiger partial charge < -0.3 is 25.8 Å². The van der Waals surface area contributed by atoms with Crippen molar-refractivity contribution in [3.8, 4) is 11.5 Å². The van der Waals surface area contributed by atoms with Crippen LogP contribution in [-0.4, -0.2) is 45.0 Å². The lowest BCUT2D eigenvalue weighted by Crippen LogP contribution is -2.40. The molecule has 1 fully saturated rings. The Morgan fingerprint density at radius 3 is 2.66 bits per heavy atom. The zero-order valence-corrected chi connectivity index (χ0v) is 19.4. The number of fused-ring (bicyclic) bond motifs is 1. The number of hydrogen-bond acceptors (Lipinski definition) is 9. The van der Waals surface area contributed by atoms with Gasteiger partial charge in [0, 0.05) is 12.1 Å². The van der Waals surface area contributed by atoms with Gasteiger partial charge in [-0.25, -0.2) is 4.79 Å². The third kappa shape index (κ3) is 4.27. The Kier molecular flexibility index (Phi) is 5.59. The maximum absolute atomic E-state index is 13.4.